The largest absolute Gasteiger partial charge is 0.481 e. The molecule has 0 saturated carbocycles. The number of benzene rings is 3. The molecule has 0 saturated heterocycles. The average molecular weight is 524 g/mol. The summed E-state index contributed by atoms with van der Waals surface area (Å²) in [4.78, 5) is 24.7. The van der Waals surface area contributed by atoms with E-state index in [4.69, 9.17) is 17.3 Å². The molecule has 36 heavy (non-hydrogen) atoms. The van der Waals surface area contributed by atoms with E-state index < -0.39 is 21.6 Å². The first-order chi connectivity index (χ1) is 17.1. The number of sulfonamides is 1. The predicted octanol–water partition coefficient (Wildman–Crippen LogP) is 4.67. The van der Waals surface area contributed by atoms with Crippen LogP contribution in [-0.2, 0) is 27.8 Å². The number of fused-ring (bicyclic) bond motifs is 1. The second-order valence-corrected chi connectivity index (χ2v) is 10.5. The van der Waals surface area contributed by atoms with Gasteiger partial charge in [0, 0.05) is 12.2 Å². The molecule has 8 nitrogen and oxygen atoms in total. The topological polar surface area (TPSA) is 110 Å². The second-order valence-electron chi connectivity index (χ2n) is 8.46. The van der Waals surface area contributed by atoms with Crippen molar-refractivity contribution in [3.8, 4) is 5.69 Å². The smallest absolute Gasteiger partial charge is 0.307 e. The fourth-order valence-corrected chi connectivity index (χ4v) is 5.40. The van der Waals surface area contributed by atoms with Crippen molar-refractivity contribution >= 4 is 44.8 Å². The van der Waals surface area contributed by atoms with Crippen LogP contribution in [0, 0.1) is 11.7 Å². The van der Waals surface area contributed by atoms with Gasteiger partial charge < -0.3 is 9.67 Å². The molecule has 0 amide bonds. The summed E-state index contributed by atoms with van der Waals surface area (Å²) < 4.78 is 31.9. The predicted molar refractivity (Wildman–Crippen MR) is 142 cm³/mol. The van der Waals surface area contributed by atoms with Gasteiger partial charge in [0.15, 0.2) is 4.77 Å². The van der Waals surface area contributed by atoms with Crippen LogP contribution < -0.4 is 10.3 Å². The molecule has 0 aliphatic carbocycles. The van der Waals surface area contributed by atoms with Gasteiger partial charge in [-0.25, -0.2) is 8.42 Å². The fraction of sp³-hybridized carbons (Fsp3) is 0.192. The van der Waals surface area contributed by atoms with Gasteiger partial charge in [-0.15, -0.1) is 0 Å². The van der Waals surface area contributed by atoms with Crippen molar-refractivity contribution in [3.05, 3.63) is 93.0 Å². The van der Waals surface area contributed by atoms with Crippen molar-refractivity contribution in [2.45, 2.75) is 38.1 Å². The van der Waals surface area contributed by atoms with E-state index >= 15 is 0 Å². The van der Waals surface area contributed by atoms with Gasteiger partial charge in [-0.3, -0.25) is 18.9 Å². The molecule has 10 heteroatoms. The first-order valence-corrected chi connectivity index (χ1v) is 13.2. The van der Waals surface area contributed by atoms with Crippen LogP contribution in [0.4, 0.5) is 5.69 Å². The quantitative estimate of drug-likeness (QED) is 0.325. The highest BCUT2D eigenvalue weighted by molar-refractivity contribution is 7.92. The van der Waals surface area contributed by atoms with Crippen LogP contribution in [0.3, 0.4) is 0 Å². The third kappa shape index (κ3) is 5.09. The van der Waals surface area contributed by atoms with Crippen LogP contribution in [-0.4, -0.2) is 28.6 Å². The van der Waals surface area contributed by atoms with Crippen LogP contribution in [0.5, 0.6) is 0 Å². The zero-order valence-electron chi connectivity index (χ0n) is 19.8. The molecule has 0 fully saturated rings. The normalized spacial score (nSPS) is 11.5. The molecule has 4 rings (SSSR count). The Morgan fingerprint density at radius 2 is 1.69 bits per heavy atom. The maximum absolute atomic E-state index is 13.6. The number of carboxylic acid groups (broad SMARTS) is 1. The fourth-order valence-electron chi connectivity index (χ4n) is 3.97. The van der Waals surface area contributed by atoms with Gasteiger partial charge in [-0.05, 0) is 73.6 Å². The number of rotatable bonds is 8. The van der Waals surface area contributed by atoms with Gasteiger partial charge in [0.1, 0.15) is 0 Å². The molecule has 2 N–H and O–H groups in total. The number of hydrogen-bond acceptors (Lipinski definition) is 5. The van der Waals surface area contributed by atoms with E-state index in [2.05, 4.69) is 4.72 Å². The lowest BCUT2D eigenvalue weighted by Gasteiger charge is -2.17. The van der Waals surface area contributed by atoms with E-state index in [1.54, 1.807) is 48.5 Å². The first-order valence-electron chi connectivity index (χ1n) is 11.3. The lowest BCUT2D eigenvalue weighted by molar-refractivity contribution is -0.136. The number of hydrogen-bond donors (Lipinski definition) is 2. The summed E-state index contributed by atoms with van der Waals surface area (Å²) in [5.41, 5.74) is 2.49. The monoisotopic (exact) mass is 523 g/mol. The van der Waals surface area contributed by atoms with E-state index in [-0.39, 0.29) is 17.0 Å². The Morgan fingerprint density at radius 3 is 2.31 bits per heavy atom. The number of nitrogens with zero attached hydrogens (tertiary/aromatic N) is 2. The van der Waals surface area contributed by atoms with E-state index in [1.807, 2.05) is 18.4 Å². The molecule has 0 unspecified atom stereocenters. The maximum atomic E-state index is 13.6. The lowest BCUT2D eigenvalue weighted by atomic mass is 10.1. The molecule has 0 aliphatic rings. The third-order valence-electron chi connectivity index (χ3n) is 5.72. The van der Waals surface area contributed by atoms with Gasteiger partial charge in [-0.1, -0.05) is 36.8 Å². The SMILES string of the molecule is CCCn1c(=S)n(-c2ccc(CC(=O)O)cc2)c(=O)c2cc(NS(=O)(=O)c3ccc(C)cc3)ccc21. The molecule has 0 bridgehead atoms. The van der Waals surface area contributed by atoms with Gasteiger partial charge in [0.2, 0.25) is 0 Å². The molecule has 0 atom stereocenters. The molecule has 1 aromatic heterocycles. The molecule has 4 aromatic rings. The zero-order valence-corrected chi connectivity index (χ0v) is 21.4. The van der Waals surface area contributed by atoms with Crippen molar-refractivity contribution in [1.29, 1.82) is 0 Å². The summed E-state index contributed by atoms with van der Waals surface area (Å²) in [6.07, 6.45) is 0.634. The standard InChI is InChI=1S/C26H25N3O5S2/c1-3-14-28-23-13-8-19(27-36(33,34)21-11-4-17(2)5-12-21)16-22(23)25(32)29(26(28)35)20-9-6-18(7-10-20)15-24(30)31/h4-13,16,27H,3,14-15H2,1-2H3,(H,30,31). The molecule has 0 radical (unpaired) electrons. The number of nitrogens with one attached hydrogen (secondary N) is 1. The maximum Gasteiger partial charge on any atom is 0.307 e. The van der Waals surface area contributed by atoms with Crippen molar-refractivity contribution in [3.63, 3.8) is 0 Å². The Bertz CT molecular complexity index is 1670. The average Bonchev–Trinajstić information content (AvgIpc) is 2.83. The summed E-state index contributed by atoms with van der Waals surface area (Å²) in [5, 5.41) is 9.32. The number of carbonyl (C=O) groups is 1. The highest BCUT2D eigenvalue weighted by atomic mass is 32.2. The highest BCUT2D eigenvalue weighted by Crippen LogP contribution is 2.22. The minimum Gasteiger partial charge on any atom is -0.481 e. The van der Waals surface area contributed by atoms with Crippen molar-refractivity contribution < 1.29 is 18.3 Å². The van der Waals surface area contributed by atoms with E-state index in [0.29, 0.717) is 33.5 Å². The summed E-state index contributed by atoms with van der Waals surface area (Å²) in [7, 11) is -3.85. The number of anilines is 1. The van der Waals surface area contributed by atoms with Crippen LogP contribution in [0.25, 0.3) is 16.6 Å². The van der Waals surface area contributed by atoms with Gasteiger partial charge in [-0.2, -0.15) is 0 Å². The van der Waals surface area contributed by atoms with Gasteiger partial charge >= 0.3 is 5.97 Å². The minimum atomic E-state index is -3.85. The summed E-state index contributed by atoms with van der Waals surface area (Å²) in [6, 6.07) is 17.9. The van der Waals surface area contributed by atoms with E-state index in [9.17, 15) is 18.0 Å². The Labute approximate surface area is 213 Å². The minimum absolute atomic E-state index is 0.119. The first kappa shape index (κ1) is 25.3. The van der Waals surface area contributed by atoms with Crippen molar-refractivity contribution in [2.24, 2.45) is 0 Å². The molecule has 0 aliphatic heterocycles. The number of aryl methyl sites for hydroxylation is 2. The van der Waals surface area contributed by atoms with Crippen LogP contribution in [0.1, 0.15) is 24.5 Å². The van der Waals surface area contributed by atoms with Crippen molar-refractivity contribution in [2.75, 3.05) is 4.72 Å². The Morgan fingerprint density at radius 1 is 1.03 bits per heavy atom. The highest BCUT2D eigenvalue weighted by Gasteiger charge is 2.17. The molecule has 1 heterocycles. The number of carboxylic acids is 1. The van der Waals surface area contributed by atoms with Crippen LogP contribution in [0.15, 0.2) is 76.4 Å². The molecular formula is C26H25N3O5S2. The lowest BCUT2D eigenvalue weighted by Crippen LogP contribution is -2.24. The summed E-state index contributed by atoms with van der Waals surface area (Å²) in [6.45, 7) is 4.42. The van der Waals surface area contributed by atoms with E-state index in [0.717, 1.165) is 12.0 Å². The summed E-state index contributed by atoms with van der Waals surface area (Å²) >= 11 is 5.67. The second kappa shape index (κ2) is 10.1. The zero-order chi connectivity index (χ0) is 26.0. The number of aliphatic carboxylic acids is 1. The van der Waals surface area contributed by atoms with Crippen molar-refractivity contribution in [1.82, 2.24) is 9.13 Å². The van der Waals surface area contributed by atoms with Crippen LogP contribution in [0.2, 0.25) is 0 Å². The molecule has 3 aromatic carbocycles. The van der Waals surface area contributed by atoms with Crippen LogP contribution >= 0.6 is 12.2 Å². The van der Waals surface area contributed by atoms with E-state index in [1.165, 1.54) is 22.8 Å². The Hall–Kier alpha value is -3.76. The summed E-state index contributed by atoms with van der Waals surface area (Å²) in [5.74, 6) is -0.948. The van der Waals surface area contributed by atoms with Gasteiger partial charge in [0.05, 0.1) is 27.9 Å². The molecule has 186 valence electrons. The Balaban J connectivity index is 1.85. The molecule has 0 spiro atoms. The third-order valence-corrected chi connectivity index (χ3v) is 7.52. The molecular weight excluding hydrogens is 498 g/mol. The Kier molecular flexibility index (Phi) is 7.09. The van der Waals surface area contributed by atoms with Gasteiger partial charge in [0.25, 0.3) is 15.6 Å². The number of aromatic nitrogens is 2.